The third kappa shape index (κ3) is 4.87. The van der Waals surface area contributed by atoms with Crippen molar-refractivity contribution in [3.05, 3.63) is 11.8 Å². The lowest BCUT2D eigenvalue weighted by molar-refractivity contribution is -0.128. The number of allylic oxidation sites excluding steroid dienone is 2. The van der Waals surface area contributed by atoms with E-state index < -0.39 is 11.5 Å². The number of carbonyl (C=O) groups excluding carboxylic acids is 3. The van der Waals surface area contributed by atoms with Gasteiger partial charge in [0, 0.05) is 17.9 Å². The van der Waals surface area contributed by atoms with Crippen LogP contribution >= 0.6 is 0 Å². The Morgan fingerprint density at radius 3 is 1.94 bits per heavy atom. The minimum absolute atomic E-state index is 0.248. The smallest absolute Gasteiger partial charge is 0.204 e. The summed E-state index contributed by atoms with van der Waals surface area (Å²) in [5, 5.41) is 9.31. The molecule has 0 aliphatic heterocycles. The summed E-state index contributed by atoms with van der Waals surface area (Å²) in [6.45, 7) is 6.68. The second-order valence-electron chi connectivity index (χ2n) is 4.31. The van der Waals surface area contributed by atoms with Gasteiger partial charge in [0.15, 0.2) is 11.5 Å². The fourth-order valence-corrected chi connectivity index (χ4v) is 0.835. The van der Waals surface area contributed by atoms with E-state index in [0.717, 1.165) is 6.08 Å². The van der Waals surface area contributed by atoms with Crippen molar-refractivity contribution in [3.8, 4) is 0 Å². The number of hydrogen-bond donors (Lipinski definition) is 1. The molecule has 0 bridgehead atoms. The standard InChI is InChI=1S/C12H18O4/c1-7(2)9(13)5-11(15)12(16)6-10(14)8(3)4/h5,7-8,15H,6H2,1-4H3. The summed E-state index contributed by atoms with van der Waals surface area (Å²) >= 11 is 0. The van der Waals surface area contributed by atoms with Gasteiger partial charge in [0.1, 0.15) is 5.78 Å². The van der Waals surface area contributed by atoms with Gasteiger partial charge in [-0.25, -0.2) is 0 Å². The second kappa shape index (κ2) is 6.20. The predicted octanol–water partition coefficient (Wildman–Crippen LogP) is 1.84. The Hall–Kier alpha value is -1.45. The molecule has 0 amide bonds. The molecule has 0 aromatic rings. The first-order chi connectivity index (χ1) is 7.25. The number of rotatable bonds is 6. The molecule has 0 radical (unpaired) electrons. The van der Waals surface area contributed by atoms with Crippen molar-refractivity contribution in [2.75, 3.05) is 0 Å². The molecule has 0 aromatic carbocycles. The molecule has 0 aromatic heterocycles. The first-order valence-corrected chi connectivity index (χ1v) is 5.26. The minimum Gasteiger partial charge on any atom is -0.504 e. The fraction of sp³-hybridized carbons (Fsp3) is 0.583. The third-order valence-electron chi connectivity index (χ3n) is 2.11. The van der Waals surface area contributed by atoms with Crippen molar-refractivity contribution < 1.29 is 19.5 Å². The van der Waals surface area contributed by atoms with E-state index in [1.54, 1.807) is 27.7 Å². The Bertz CT molecular complexity index is 324. The van der Waals surface area contributed by atoms with E-state index in [4.69, 9.17) is 0 Å². The topological polar surface area (TPSA) is 71.4 Å². The van der Waals surface area contributed by atoms with E-state index in [1.807, 2.05) is 0 Å². The summed E-state index contributed by atoms with van der Waals surface area (Å²) in [6, 6.07) is 0. The Morgan fingerprint density at radius 2 is 1.56 bits per heavy atom. The van der Waals surface area contributed by atoms with Gasteiger partial charge in [-0.3, -0.25) is 14.4 Å². The maximum Gasteiger partial charge on any atom is 0.204 e. The van der Waals surface area contributed by atoms with E-state index in [1.165, 1.54) is 0 Å². The normalized spacial score (nSPS) is 12.0. The monoisotopic (exact) mass is 226 g/mol. The van der Waals surface area contributed by atoms with Crippen molar-refractivity contribution in [3.63, 3.8) is 0 Å². The number of Topliss-reactive ketones (excluding diaryl/α,β-unsaturated/α-hetero) is 2. The molecule has 1 N–H and O–H groups in total. The van der Waals surface area contributed by atoms with Crippen LogP contribution in [0.25, 0.3) is 0 Å². The zero-order valence-electron chi connectivity index (χ0n) is 10.1. The van der Waals surface area contributed by atoms with E-state index in [2.05, 4.69) is 0 Å². The van der Waals surface area contributed by atoms with Gasteiger partial charge >= 0.3 is 0 Å². The molecule has 16 heavy (non-hydrogen) atoms. The average molecular weight is 226 g/mol. The van der Waals surface area contributed by atoms with Gasteiger partial charge in [-0.15, -0.1) is 0 Å². The van der Waals surface area contributed by atoms with Gasteiger partial charge in [0.05, 0.1) is 6.42 Å². The average Bonchev–Trinajstić information content (AvgIpc) is 2.16. The molecule has 0 unspecified atom stereocenters. The summed E-state index contributed by atoms with van der Waals surface area (Å²) < 4.78 is 0. The lowest BCUT2D eigenvalue weighted by Gasteiger charge is -2.03. The van der Waals surface area contributed by atoms with Crippen LogP contribution in [0.1, 0.15) is 34.1 Å². The van der Waals surface area contributed by atoms with Crippen LogP contribution in [0, 0.1) is 11.8 Å². The summed E-state index contributed by atoms with van der Waals surface area (Å²) in [4.78, 5) is 33.8. The second-order valence-corrected chi connectivity index (χ2v) is 4.31. The maximum atomic E-state index is 11.3. The largest absolute Gasteiger partial charge is 0.504 e. The molecule has 0 saturated heterocycles. The van der Waals surface area contributed by atoms with Gasteiger partial charge in [0.2, 0.25) is 5.78 Å². The molecule has 0 spiro atoms. The summed E-state index contributed by atoms with van der Waals surface area (Å²) in [5.41, 5.74) is 0. The zero-order valence-corrected chi connectivity index (χ0v) is 10.1. The SMILES string of the molecule is CC(C)C(=O)C=C(O)C(=O)CC(=O)C(C)C. The Balaban J connectivity index is 4.51. The highest BCUT2D eigenvalue weighted by molar-refractivity contribution is 6.09. The first-order valence-electron chi connectivity index (χ1n) is 5.26. The van der Waals surface area contributed by atoms with Gasteiger partial charge < -0.3 is 5.11 Å². The highest BCUT2D eigenvalue weighted by Crippen LogP contribution is 2.05. The van der Waals surface area contributed by atoms with E-state index in [0.29, 0.717) is 0 Å². The molecular weight excluding hydrogens is 208 g/mol. The predicted molar refractivity (Wildman–Crippen MR) is 60.0 cm³/mol. The van der Waals surface area contributed by atoms with Crippen LogP contribution in [-0.4, -0.2) is 22.5 Å². The number of aliphatic hydroxyl groups is 1. The van der Waals surface area contributed by atoms with Crippen LogP contribution in [0.3, 0.4) is 0 Å². The summed E-state index contributed by atoms with van der Waals surface area (Å²) in [5.74, 6) is -2.45. The molecule has 0 fully saturated rings. The zero-order chi connectivity index (χ0) is 12.9. The van der Waals surface area contributed by atoms with Crippen LogP contribution in [0.5, 0.6) is 0 Å². The van der Waals surface area contributed by atoms with Gasteiger partial charge in [-0.1, -0.05) is 27.7 Å². The summed E-state index contributed by atoms with van der Waals surface area (Å²) in [6.07, 6.45) is 0.534. The number of hydrogen-bond acceptors (Lipinski definition) is 4. The lowest BCUT2D eigenvalue weighted by atomic mass is 10.0. The molecule has 0 saturated carbocycles. The molecule has 0 aliphatic rings. The van der Waals surface area contributed by atoms with Gasteiger partial charge in [0.25, 0.3) is 0 Å². The van der Waals surface area contributed by atoms with Crippen LogP contribution < -0.4 is 0 Å². The molecule has 0 heterocycles. The van der Waals surface area contributed by atoms with Crippen LogP contribution in [-0.2, 0) is 14.4 Å². The molecular formula is C12H18O4. The number of ketones is 3. The third-order valence-corrected chi connectivity index (χ3v) is 2.11. The van der Waals surface area contributed by atoms with Crippen molar-refractivity contribution in [2.45, 2.75) is 34.1 Å². The van der Waals surface area contributed by atoms with Gasteiger partial charge in [-0.05, 0) is 0 Å². The quantitative estimate of drug-likeness (QED) is 0.426. The van der Waals surface area contributed by atoms with E-state index in [-0.39, 0.29) is 29.8 Å². The molecule has 0 aliphatic carbocycles. The van der Waals surface area contributed by atoms with Crippen LogP contribution in [0.15, 0.2) is 11.8 Å². The van der Waals surface area contributed by atoms with E-state index in [9.17, 15) is 19.5 Å². The van der Waals surface area contributed by atoms with E-state index >= 15 is 0 Å². The van der Waals surface area contributed by atoms with Crippen molar-refractivity contribution in [1.29, 1.82) is 0 Å². The van der Waals surface area contributed by atoms with Crippen molar-refractivity contribution in [2.24, 2.45) is 11.8 Å². The summed E-state index contributed by atoms with van der Waals surface area (Å²) in [7, 11) is 0. The first kappa shape index (κ1) is 14.6. The molecule has 4 nitrogen and oxygen atoms in total. The lowest BCUT2D eigenvalue weighted by Crippen LogP contribution is -2.16. The maximum absolute atomic E-state index is 11.3. The van der Waals surface area contributed by atoms with Crippen molar-refractivity contribution in [1.82, 2.24) is 0 Å². The Morgan fingerprint density at radius 1 is 1.06 bits per heavy atom. The molecule has 4 heteroatoms. The minimum atomic E-state index is -0.701. The molecule has 0 rings (SSSR count). The van der Waals surface area contributed by atoms with Crippen molar-refractivity contribution >= 4 is 17.3 Å². The highest BCUT2D eigenvalue weighted by atomic mass is 16.3. The Labute approximate surface area is 95.3 Å². The molecule has 90 valence electrons. The van der Waals surface area contributed by atoms with Crippen LogP contribution in [0.2, 0.25) is 0 Å². The van der Waals surface area contributed by atoms with Gasteiger partial charge in [-0.2, -0.15) is 0 Å². The fourth-order valence-electron chi connectivity index (χ4n) is 0.835. The number of carbonyl (C=O) groups is 3. The van der Waals surface area contributed by atoms with Crippen LogP contribution in [0.4, 0.5) is 0 Å². The highest BCUT2D eigenvalue weighted by Gasteiger charge is 2.17. The number of aliphatic hydroxyl groups excluding tert-OH is 1. The Kier molecular flexibility index (Phi) is 5.64. The molecule has 0 atom stereocenters.